The molecule has 24 heavy (non-hydrogen) atoms. The van der Waals surface area contributed by atoms with Gasteiger partial charge in [-0.1, -0.05) is 23.7 Å². The number of halogens is 1. The van der Waals surface area contributed by atoms with Crippen molar-refractivity contribution in [1.29, 1.82) is 0 Å². The zero-order chi connectivity index (χ0) is 17.9. The minimum Gasteiger partial charge on any atom is -0.274 e. The summed E-state index contributed by atoms with van der Waals surface area (Å²) in [4.78, 5) is 12.0. The Labute approximate surface area is 146 Å². The van der Waals surface area contributed by atoms with Gasteiger partial charge in [0.25, 0.3) is 10.0 Å². The summed E-state index contributed by atoms with van der Waals surface area (Å²) in [5, 5.41) is 4.73. The van der Waals surface area contributed by atoms with E-state index in [-0.39, 0.29) is 11.3 Å². The van der Waals surface area contributed by atoms with Crippen LogP contribution in [-0.4, -0.2) is 24.1 Å². The van der Waals surface area contributed by atoms with E-state index in [4.69, 9.17) is 11.6 Å². The van der Waals surface area contributed by atoms with Crippen molar-refractivity contribution in [3.8, 4) is 0 Å². The number of aryl methyl sites for hydroxylation is 3. The molecule has 0 aliphatic heterocycles. The summed E-state index contributed by atoms with van der Waals surface area (Å²) in [7, 11) is -2.24. The van der Waals surface area contributed by atoms with Gasteiger partial charge in [-0.15, -0.1) is 0 Å². The number of rotatable bonds is 6. The Morgan fingerprint density at radius 2 is 1.88 bits per heavy atom. The highest BCUT2D eigenvalue weighted by atomic mass is 35.5. The Bertz CT molecular complexity index is 842. The highest BCUT2D eigenvalue weighted by Crippen LogP contribution is 2.18. The monoisotopic (exact) mass is 369 g/mol. The van der Waals surface area contributed by atoms with Crippen LogP contribution in [0.1, 0.15) is 29.8 Å². The first-order valence-corrected chi connectivity index (χ1v) is 9.37. The second-order valence-corrected chi connectivity index (χ2v) is 7.69. The molecule has 0 fully saturated rings. The fourth-order valence-corrected chi connectivity index (χ4v) is 4.08. The van der Waals surface area contributed by atoms with Crippen LogP contribution < -0.4 is 4.72 Å². The SMILES string of the molecule is Cc1nn(C)c(C)c1S(=O)(=O)NC(=O)CCCc1ccc(Cl)cc1. The Morgan fingerprint density at radius 3 is 2.42 bits per heavy atom. The molecule has 0 aliphatic rings. The molecule has 1 aromatic heterocycles. The maximum Gasteiger partial charge on any atom is 0.267 e. The molecule has 0 unspecified atom stereocenters. The van der Waals surface area contributed by atoms with E-state index in [1.165, 1.54) is 4.68 Å². The highest BCUT2D eigenvalue weighted by Gasteiger charge is 2.25. The zero-order valence-electron chi connectivity index (χ0n) is 13.8. The number of sulfonamides is 1. The van der Waals surface area contributed by atoms with Crippen molar-refractivity contribution in [3.63, 3.8) is 0 Å². The Kier molecular flexibility index (Phi) is 5.66. The molecule has 2 rings (SSSR count). The van der Waals surface area contributed by atoms with Crippen LogP contribution in [0.3, 0.4) is 0 Å². The fourth-order valence-electron chi connectivity index (χ4n) is 2.50. The molecule has 130 valence electrons. The number of carbonyl (C=O) groups excluding carboxylic acids is 1. The van der Waals surface area contributed by atoms with Crippen LogP contribution in [0.2, 0.25) is 5.02 Å². The van der Waals surface area contributed by atoms with Gasteiger partial charge in [0, 0.05) is 18.5 Å². The first-order valence-electron chi connectivity index (χ1n) is 7.51. The van der Waals surface area contributed by atoms with E-state index >= 15 is 0 Å². The van der Waals surface area contributed by atoms with Crippen molar-refractivity contribution >= 4 is 27.5 Å². The summed E-state index contributed by atoms with van der Waals surface area (Å²) in [5.74, 6) is -0.522. The van der Waals surface area contributed by atoms with Crippen molar-refractivity contribution in [2.24, 2.45) is 7.05 Å². The Balaban J connectivity index is 1.95. The molecule has 0 atom stereocenters. The number of benzene rings is 1. The molecule has 0 saturated carbocycles. The van der Waals surface area contributed by atoms with Crippen LogP contribution in [0.5, 0.6) is 0 Å². The number of carbonyl (C=O) groups is 1. The van der Waals surface area contributed by atoms with Crippen LogP contribution in [0.25, 0.3) is 0 Å². The number of amides is 1. The predicted octanol–water partition coefficient (Wildman–Crippen LogP) is 2.52. The van der Waals surface area contributed by atoms with Gasteiger partial charge in [-0.05, 0) is 44.4 Å². The number of hydrogen-bond donors (Lipinski definition) is 1. The van der Waals surface area contributed by atoms with Gasteiger partial charge in [0.05, 0.1) is 11.4 Å². The van der Waals surface area contributed by atoms with E-state index in [1.54, 1.807) is 33.0 Å². The molecule has 1 aromatic carbocycles. The Morgan fingerprint density at radius 1 is 1.25 bits per heavy atom. The molecular weight excluding hydrogens is 350 g/mol. The lowest BCUT2D eigenvalue weighted by Gasteiger charge is -2.07. The lowest BCUT2D eigenvalue weighted by atomic mass is 10.1. The van der Waals surface area contributed by atoms with Gasteiger partial charge in [-0.25, -0.2) is 13.1 Å². The molecule has 1 heterocycles. The van der Waals surface area contributed by atoms with E-state index in [1.807, 2.05) is 12.1 Å². The number of aromatic nitrogens is 2. The van der Waals surface area contributed by atoms with Crippen molar-refractivity contribution < 1.29 is 13.2 Å². The van der Waals surface area contributed by atoms with Crippen molar-refractivity contribution in [1.82, 2.24) is 14.5 Å². The number of nitrogens with one attached hydrogen (secondary N) is 1. The molecule has 0 saturated heterocycles. The van der Waals surface area contributed by atoms with E-state index in [0.717, 1.165) is 5.56 Å². The minimum absolute atomic E-state index is 0.0658. The van der Waals surface area contributed by atoms with Crippen LogP contribution in [-0.2, 0) is 28.3 Å². The molecule has 0 bridgehead atoms. The maximum atomic E-state index is 12.4. The number of nitrogens with zero attached hydrogens (tertiary/aromatic N) is 2. The lowest BCUT2D eigenvalue weighted by molar-refractivity contribution is -0.119. The van der Waals surface area contributed by atoms with E-state index in [9.17, 15) is 13.2 Å². The van der Waals surface area contributed by atoms with Gasteiger partial charge in [0.1, 0.15) is 4.90 Å². The third kappa shape index (κ3) is 4.36. The van der Waals surface area contributed by atoms with Crippen LogP contribution in [0.15, 0.2) is 29.2 Å². The molecular formula is C16H20ClN3O3S. The summed E-state index contributed by atoms with van der Waals surface area (Å²) in [6.07, 6.45) is 1.35. The van der Waals surface area contributed by atoms with Gasteiger partial charge in [0.15, 0.2) is 0 Å². The van der Waals surface area contributed by atoms with Crippen molar-refractivity contribution in [2.75, 3.05) is 0 Å². The predicted molar refractivity (Wildman–Crippen MR) is 92.4 cm³/mol. The fraction of sp³-hybridized carbons (Fsp3) is 0.375. The zero-order valence-corrected chi connectivity index (χ0v) is 15.4. The van der Waals surface area contributed by atoms with Gasteiger partial charge in [-0.3, -0.25) is 9.48 Å². The largest absolute Gasteiger partial charge is 0.274 e. The van der Waals surface area contributed by atoms with Crippen LogP contribution in [0.4, 0.5) is 0 Å². The topological polar surface area (TPSA) is 81.1 Å². The van der Waals surface area contributed by atoms with E-state index < -0.39 is 15.9 Å². The molecule has 0 radical (unpaired) electrons. The first kappa shape index (κ1) is 18.5. The summed E-state index contributed by atoms with van der Waals surface area (Å²) >= 11 is 5.82. The first-order chi connectivity index (χ1) is 11.2. The molecule has 1 amide bonds. The summed E-state index contributed by atoms with van der Waals surface area (Å²) in [6, 6.07) is 7.35. The number of hydrogen-bond acceptors (Lipinski definition) is 4. The normalized spacial score (nSPS) is 11.5. The van der Waals surface area contributed by atoms with Gasteiger partial charge in [0.2, 0.25) is 5.91 Å². The van der Waals surface area contributed by atoms with Gasteiger partial charge in [-0.2, -0.15) is 5.10 Å². The van der Waals surface area contributed by atoms with Crippen molar-refractivity contribution in [3.05, 3.63) is 46.2 Å². The smallest absolute Gasteiger partial charge is 0.267 e. The standard InChI is InChI=1S/C16H20ClN3O3S/c1-11-16(12(2)20(3)18-11)24(22,23)19-15(21)6-4-5-13-7-9-14(17)10-8-13/h7-10H,4-6H2,1-3H3,(H,19,21). The van der Waals surface area contributed by atoms with E-state index in [0.29, 0.717) is 29.3 Å². The summed E-state index contributed by atoms with van der Waals surface area (Å²) in [5.41, 5.74) is 1.92. The second-order valence-electron chi connectivity index (χ2n) is 5.63. The maximum absolute atomic E-state index is 12.4. The molecule has 0 spiro atoms. The van der Waals surface area contributed by atoms with Crippen molar-refractivity contribution in [2.45, 2.75) is 38.0 Å². The second kappa shape index (κ2) is 7.36. The van der Waals surface area contributed by atoms with Gasteiger partial charge >= 0.3 is 0 Å². The molecule has 8 heteroatoms. The summed E-state index contributed by atoms with van der Waals surface area (Å²) in [6.45, 7) is 3.26. The Hall–Kier alpha value is -1.86. The van der Waals surface area contributed by atoms with Crippen LogP contribution in [0, 0.1) is 13.8 Å². The third-order valence-electron chi connectivity index (χ3n) is 3.74. The van der Waals surface area contributed by atoms with E-state index in [2.05, 4.69) is 9.82 Å². The quantitative estimate of drug-likeness (QED) is 0.848. The molecule has 1 N–H and O–H groups in total. The van der Waals surface area contributed by atoms with Crippen LogP contribution >= 0.6 is 11.6 Å². The average Bonchev–Trinajstić information content (AvgIpc) is 2.74. The minimum atomic E-state index is -3.90. The average molecular weight is 370 g/mol. The molecule has 2 aromatic rings. The highest BCUT2D eigenvalue weighted by molar-refractivity contribution is 7.90. The molecule has 6 nitrogen and oxygen atoms in total. The summed E-state index contributed by atoms with van der Waals surface area (Å²) < 4.78 is 28.3. The van der Waals surface area contributed by atoms with Gasteiger partial charge < -0.3 is 0 Å². The molecule has 0 aliphatic carbocycles. The third-order valence-corrected chi connectivity index (χ3v) is 5.62. The lowest BCUT2D eigenvalue weighted by Crippen LogP contribution is -2.31.